The molecule has 0 unspecified atom stereocenters. The molecular formula is C20H21N7. The zero-order chi connectivity index (χ0) is 18.2. The zero-order valence-electron chi connectivity index (χ0n) is 15.3. The van der Waals surface area contributed by atoms with Crippen LogP contribution in [-0.4, -0.2) is 62.5 Å². The van der Waals surface area contributed by atoms with Gasteiger partial charge in [0.15, 0.2) is 0 Å². The number of piperazine rings is 1. The summed E-state index contributed by atoms with van der Waals surface area (Å²) in [6.45, 7) is 7.38. The Kier molecular flexibility index (Phi) is 3.94. The van der Waals surface area contributed by atoms with E-state index in [1.54, 1.807) is 6.20 Å². The van der Waals surface area contributed by atoms with Gasteiger partial charge in [-0.2, -0.15) is 0 Å². The average molecular weight is 359 g/mol. The van der Waals surface area contributed by atoms with Gasteiger partial charge in [-0.05, 0) is 24.7 Å². The predicted octanol–water partition coefficient (Wildman–Crippen LogP) is 2.71. The Bertz CT molecular complexity index is 1080. The van der Waals surface area contributed by atoms with Crippen molar-refractivity contribution in [3.8, 4) is 11.3 Å². The molecule has 27 heavy (non-hydrogen) atoms. The summed E-state index contributed by atoms with van der Waals surface area (Å²) >= 11 is 0. The van der Waals surface area contributed by atoms with Crippen LogP contribution in [0.15, 0.2) is 43.0 Å². The van der Waals surface area contributed by atoms with E-state index in [0.717, 1.165) is 71.9 Å². The number of hydrogen-bond acceptors (Lipinski definition) is 6. The van der Waals surface area contributed by atoms with Crippen LogP contribution in [0.3, 0.4) is 0 Å². The summed E-state index contributed by atoms with van der Waals surface area (Å²) in [5.41, 5.74) is 3.69. The van der Waals surface area contributed by atoms with Gasteiger partial charge in [0.2, 0.25) is 5.95 Å². The van der Waals surface area contributed by atoms with Crippen LogP contribution >= 0.6 is 0 Å². The molecule has 4 aromatic rings. The van der Waals surface area contributed by atoms with Gasteiger partial charge in [-0.15, -0.1) is 0 Å². The number of fused-ring (bicyclic) bond motifs is 3. The van der Waals surface area contributed by atoms with Crippen molar-refractivity contribution in [1.29, 1.82) is 0 Å². The van der Waals surface area contributed by atoms with Gasteiger partial charge in [0.1, 0.15) is 5.65 Å². The second-order valence-corrected chi connectivity index (χ2v) is 6.83. The number of H-pyrrole nitrogens is 1. The first-order valence-corrected chi connectivity index (χ1v) is 9.34. The molecular weight excluding hydrogens is 338 g/mol. The molecule has 0 atom stereocenters. The van der Waals surface area contributed by atoms with Crippen molar-refractivity contribution in [2.75, 3.05) is 37.6 Å². The van der Waals surface area contributed by atoms with E-state index in [1.807, 2.05) is 30.7 Å². The standard InChI is InChI=1S/C20H21N7/c1-2-26-7-9-27(10-8-26)20-22-11-14(12-23-20)17-4-3-15-16-13-21-6-5-18(16)25-19(15)24-17/h3-6,11-13H,2,7-10H2,1H3,(H,24,25). The Balaban J connectivity index is 1.42. The fraction of sp³-hybridized carbons (Fsp3) is 0.300. The third-order valence-electron chi connectivity index (χ3n) is 5.30. The Hall–Kier alpha value is -3.06. The van der Waals surface area contributed by atoms with Crippen LogP contribution < -0.4 is 4.90 Å². The van der Waals surface area contributed by atoms with Crippen molar-refractivity contribution < 1.29 is 0 Å². The third-order valence-corrected chi connectivity index (χ3v) is 5.30. The fourth-order valence-corrected chi connectivity index (χ4v) is 3.66. The van der Waals surface area contributed by atoms with E-state index < -0.39 is 0 Å². The second kappa shape index (κ2) is 6.59. The van der Waals surface area contributed by atoms with Gasteiger partial charge in [0.25, 0.3) is 0 Å². The van der Waals surface area contributed by atoms with Crippen molar-refractivity contribution in [1.82, 2.24) is 29.8 Å². The van der Waals surface area contributed by atoms with E-state index in [-0.39, 0.29) is 0 Å². The number of likely N-dealkylation sites (N-methyl/N-ethyl adjacent to an activating group) is 1. The molecule has 0 amide bonds. The largest absolute Gasteiger partial charge is 0.339 e. The van der Waals surface area contributed by atoms with Crippen LogP contribution in [-0.2, 0) is 0 Å². The van der Waals surface area contributed by atoms with E-state index in [2.05, 4.69) is 42.7 Å². The van der Waals surface area contributed by atoms with Gasteiger partial charge in [-0.25, -0.2) is 15.0 Å². The van der Waals surface area contributed by atoms with Gasteiger partial charge in [-0.3, -0.25) is 4.98 Å². The molecule has 136 valence electrons. The molecule has 0 aliphatic carbocycles. The van der Waals surface area contributed by atoms with Crippen molar-refractivity contribution in [2.24, 2.45) is 0 Å². The number of pyridine rings is 2. The van der Waals surface area contributed by atoms with Gasteiger partial charge in [0, 0.05) is 67.3 Å². The number of hydrogen-bond donors (Lipinski definition) is 1. The Morgan fingerprint density at radius 1 is 0.963 bits per heavy atom. The van der Waals surface area contributed by atoms with Gasteiger partial charge in [0.05, 0.1) is 11.2 Å². The Morgan fingerprint density at radius 2 is 1.78 bits per heavy atom. The molecule has 5 heterocycles. The summed E-state index contributed by atoms with van der Waals surface area (Å²) in [6.07, 6.45) is 7.39. The first-order chi connectivity index (χ1) is 13.3. The molecule has 0 radical (unpaired) electrons. The molecule has 1 aliphatic rings. The molecule has 4 aromatic heterocycles. The highest BCUT2D eigenvalue weighted by atomic mass is 15.3. The summed E-state index contributed by atoms with van der Waals surface area (Å²) < 4.78 is 0. The lowest BCUT2D eigenvalue weighted by Gasteiger charge is -2.33. The minimum atomic E-state index is 0.798. The number of rotatable bonds is 3. The smallest absolute Gasteiger partial charge is 0.225 e. The van der Waals surface area contributed by atoms with Crippen LogP contribution in [0.1, 0.15) is 6.92 Å². The molecule has 0 saturated carbocycles. The number of nitrogens with zero attached hydrogens (tertiary/aromatic N) is 6. The Morgan fingerprint density at radius 3 is 2.56 bits per heavy atom. The molecule has 0 aromatic carbocycles. The molecule has 7 heteroatoms. The van der Waals surface area contributed by atoms with Gasteiger partial charge < -0.3 is 14.8 Å². The summed E-state index contributed by atoms with van der Waals surface area (Å²) in [7, 11) is 0. The van der Waals surface area contributed by atoms with Crippen LogP contribution in [0.5, 0.6) is 0 Å². The van der Waals surface area contributed by atoms with Crippen molar-refractivity contribution in [3.63, 3.8) is 0 Å². The molecule has 1 N–H and O–H groups in total. The van der Waals surface area contributed by atoms with Gasteiger partial charge >= 0.3 is 0 Å². The molecule has 1 saturated heterocycles. The monoisotopic (exact) mass is 359 g/mol. The maximum atomic E-state index is 4.76. The van der Waals surface area contributed by atoms with E-state index in [0.29, 0.717) is 0 Å². The van der Waals surface area contributed by atoms with Crippen molar-refractivity contribution in [2.45, 2.75) is 6.92 Å². The van der Waals surface area contributed by atoms with E-state index >= 15 is 0 Å². The van der Waals surface area contributed by atoms with E-state index in [1.165, 1.54) is 0 Å². The normalized spacial score (nSPS) is 15.7. The van der Waals surface area contributed by atoms with E-state index in [9.17, 15) is 0 Å². The average Bonchev–Trinajstić information content (AvgIpc) is 3.12. The SMILES string of the molecule is CCN1CCN(c2ncc(-c3ccc4c(n3)[nH]c3ccncc34)cn2)CC1. The van der Waals surface area contributed by atoms with E-state index in [4.69, 9.17) is 4.98 Å². The molecule has 1 aliphatic heterocycles. The van der Waals surface area contributed by atoms with Crippen LogP contribution in [0.2, 0.25) is 0 Å². The highest BCUT2D eigenvalue weighted by Crippen LogP contribution is 2.26. The fourth-order valence-electron chi connectivity index (χ4n) is 3.66. The lowest BCUT2D eigenvalue weighted by atomic mass is 10.2. The molecule has 0 bridgehead atoms. The maximum absolute atomic E-state index is 4.76. The van der Waals surface area contributed by atoms with Crippen molar-refractivity contribution in [3.05, 3.63) is 43.0 Å². The first kappa shape index (κ1) is 16.1. The maximum Gasteiger partial charge on any atom is 0.225 e. The number of nitrogens with one attached hydrogen (secondary N) is 1. The molecule has 1 fully saturated rings. The first-order valence-electron chi connectivity index (χ1n) is 9.34. The molecule has 0 spiro atoms. The quantitative estimate of drug-likeness (QED) is 0.606. The van der Waals surface area contributed by atoms with Crippen molar-refractivity contribution >= 4 is 27.9 Å². The summed E-state index contributed by atoms with van der Waals surface area (Å²) in [4.78, 5) is 26.2. The number of aromatic amines is 1. The molecule has 7 nitrogen and oxygen atoms in total. The predicted molar refractivity (Wildman–Crippen MR) is 107 cm³/mol. The highest BCUT2D eigenvalue weighted by Gasteiger charge is 2.18. The van der Waals surface area contributed by atoms with Crippen LogP contribution in [0.25, 0.3) is 33.2 Å². The van der Waals surface area contributed by atoms with Crippen LogP contribution in [0.4, 0.5) is 5.95 Å². The lowest BCUT2D eigenvalue weighted by molar-refractivity contribution is 0.270. The highest BCUT2D eigenvalue weighted by molar-refractivity contribution is 6.05. The Labute approximate surface area is 157 Å². The van der Waals surface area contributed by atoms with Crippen LogP contribution in [0, 0.1) is 0 Å². The topological polar surface area (TPSA) is 73.8 Å². The summed E-state index contributed by atoms with van der Waals surface area (Å²) in [6, 6.07) is 6.06. The lowest BCUT2D eigenvalue weighted by Crippen LogP contribution is -2.46. The number of aromatic nitrogens is 5. The zero-order valence-corrected chi connectivity index (χ0v) is 15.3. The summed E-state index contributed by atoms with van der Waals surface area (Å²) in [5, 5.41) is 2.16. The third kappa shape index (κ3) is 2.90. The summed E-state index contributed by atoms with van der Waals surface area (Å²) in [5.74, 6) is 0.798. The minimum Gasteiger partial charge on any atom is -0.339 e. The molecule has 5 rings (SSSR count). The van der Waals surface area contributed by atoms with Gasteiger partial charge in [-0.1, -0.05) is 6.92 Å². The minimum absolute atomic E-state index is 0.798. The number of anilines is 1. The second-order valence-electron chi connectivity index (χ2n) is 6.83.